The Kier molecular flexibility index (Phi) is 3.58. The molecule has 0 aliphatic heterocycles. The van der Waals surface area contributed by atoms with E-state index in [4.69, 9.17) is 0 Å². The van der Waals surface area contributed by atoms with Gasteiger partial charge in [-0.1, -0.05) is 84.9 Å². The van der Waals surface area contributed by atoms with E-state index >= 15 is 0 Å². The van der Waals surface area contributed by atoms with Crippen LogP contribution in [-0.4, -0.2) is 9.61 Å². The number of hydrogen-bond donors (Lipinski definition) is 0. The van der Waals surface area contributed by atoms with Crippen LogP contribution in [0.4, 0.5) is 0 Å². The summed E-state index contributed by atoms with van der Waals surface area (Å²) >= 11 is 0. The fourth-order valence-corrected chi connectivity index (χ4v) is 3.58. The van der Waals surface area contributed by atoms with Crippen LogP contribution in [0.25, 0.3) is 38.7 Å². The predicted octanol–water partition coefficient (Wildman–Crippen LogP) is 5.18. The van der Waals surface area contributed by atoms with Crippen LogP contribution in [0.1, 0.15) is 0 Å². The number of benzene rings is 3. The van der Waals surface area contributed by atoms with Crippen molar-refractivity contribution in [2.75, 3.05) is 0 Å². The van der Waals surface area contributed by atoms with E-state index < -0.39 is 0 Å². The monoisotopic (exact) mass is 348 g/mol. The van der Waals surface area contributed by atoms with Crippen molar-refractivity contribution >= 4 is 16.3 Å². The molecule has 5 aromatic rings. The van der Waals surface area contributed by atoms with E-state index in [2.05, 4.69) is 11.2 Å². The van der Waals surface area contributed by atoms with E-state index in [-0.39, 0.29) is 5.43 Å². The minimum atomic E-state index is -0.0521. The number of nitrogens with zero attached hydrogens (tertiary/aromatic N) is 2. The molecule has 128 valence electrons. The van der Waals surface area contributed by atoms with Crippen molar-refractivity contribution < 1.29 is 0 Å². The second-order valence-corrected chi connectivity index (χ2v) is 6.48. The third kappa shape index (κ3) is 2.52. The molecule has 27 heavy (non-hydrogen) atoms. The Morgan fingerprint density at radius 1 is 0.667 bits per heavy atom. The van der Waals surface area contributed by atoms with Crippen molar-refractivity contribution in [3.05, 3.63) is 107 Å². The first-order valence-corrected chi connectivity index (χ1v) is 8.88. The summed E-state index contributed by atoms with van der Waals surface area (Å²) < 4.78 is 1.83. The number of hydrogen-bond acceptors (Lipinski definition) is 2. The summed E-state index contributed by atoms with van der Waals surface area (Å²) in [5, 5.41) is 6.79. The molecule has 0 aliphatic rings. The van der Waals surface area contributed by atoms with Gasteiger partial charge in [0.15, 0.2) is 0 Å². The molecule has 3 nitrogen and oxygen atoms in total. The van der Waals surface area contributed by atoms with Crippen LogP contribution in [0.2, 0.25) is 0 Å². The fourth-order valence-electron chi connectivity index (χ4n) is 3.58. The van der Waals surface area contributed by atoms with E-state index in [1.807, 2.05) is 95.6 Å². The Hall–Kier alpha value is -3.72. The van der Waals surface area contributed by atoms with E-state index in [1.54, 1.807) is 0 Å². The van der Waals surface area contributed by atoms with Crippen LogP contribution in [-0.2, 0) is 0 Å². The summed E-state index contributed by atoms with van der Waals surface area (Å²) in [7, 11) is 0. The Labute approximate surface area is 156 Å². The second-order valence-electron chi connectivity index (χ2n) is 6.48. The van der Waals surface area contributed by atoms with Crippen molar-refractivity contribution in [1.29, 1.82) is 0 Å². The van der Waals surface area contributed by atoms with Gasteiger partial charge in [-0.05, 0) is 17.0 Å². The third-order valence-corrected chi connectivity index (χ3v) is 4.84. The summed E-state index contributed by atoms with van der Waals surface area (Å²) in [4.78, 5) is 13.6. The maximum absolute atomic E-state index is 13.6. The van der Waals surface area contributed by atoms with Gasteiger partial charge in [-0.3, -0.25) is 4.79 Å². The molecule has 0 radical (unpaired) electrons. The smallest absolute Gasteiger partial charge is 0.216 e. The molecule has 0 unspecified atom stereocenters. The van der Waals surface area contributed by atoms with E-state index in [0.29, 0.717) is 11.3 Å². The molecule has 3 aromatic carbocycles. The predicted molar refractivity (Wildman–Crippen MR) is 110 cm³/mol. The highest BCUT2D eigenvalue weighted by Gasteiger charge is 2.17. The number of pyridine rings is 1. The Morgan fingerprint density at radius 2 is 1.30 bits per heavy atom. The minimum absolute atomic E-state index is 0.0521. The molecule has 0 fully saturated rings. The summed E-state index contributed by atoms with van der Waals surface area (Å²) in [5.74, 6) is 0. The highest BCUT2D eigenvalue weighted by Crippen LogP contribution is 2.29. The van der Waals surface area contributed by atoms with Crippen molar-refractivity contribution in [2.24, 2.45) is 0 Å². The van der Waals surface area contributed by atoms with Gasteiger partial charge in [0.25, 0.3) is 0 Å². The van der Waals surface area contributed by atoms with Crippen molar-refractivity contribution in [2.45, 2.75) is 0 Å². The third-order valence-electron chi connectivity index (χ3n) is 4.84. The van der Waals surface area contributed by atoms with Gasteiger partial charge < -0.3 is 0 Å². The van der Waals surface area contributed by atoms with Gasteiger partial charge in [0.2, 0.25) is 5.43 Å². The lowest BCUT2D eigenvalue weighted by Gasteiger charge is -2.13. The lowest BCUT2D eigenvalue weighted by Crippen LogP contribution is -2.15. The largest absolute Gasteiger partial charge is 0.287 e. The van der Waals surface area contributed by atoms with Crippen LogP contribution >= 0.6 is 0 Å². The molecule has 0 saturated heterocycles. The maximum Gasteiger partial charge on any atom is 0.216 e. The van der Waals surface area contributed by atoms with E-state index in [1.165, 1.54) is 0 Å². The maximum atomic E-state index is 13.6. The number of aromatic nitrogens is 2. The molecule has 3 heteroatoms. The van der Waals surface area contributed by atoms with Crippen LogP contribution in [0.15, 0.2) is 102 Å². The molecule has 0 atom stereocenters. The molecule has 5 rings (SSSR count). The fraction of sp³-hybridized carbons (Fsp3) is 0. The van der Waals surface area contributed by atoms with Gasteiger partial charge in [-0.25, -0.2) is 4.52 Å². The highest BCUT2D eigenvalue weighted by molar-refractivity contribution is 6.03. The lowest BCUT2D eigenvalue weighted by atomic mass is 9.99. The average Bonchev–Trinajstić information content (AvgIpc) is 2.74. The van der Waals surface area contributed by atoms with E-state index in [0.717, 1.165) is 27.4 Å². The van der Waals surface area contributed by atoms with Crippen molar-refractivity contribution in [3.8, 4) is 22.4 Å². The van der Waals surface area contributed by atoms with Gasteiger partial charge in [-0.2, -0.15) is 5.10 Å². The Balaban J connectivity index is 1.99. The summed E-state index contributed by atoms with van der Waals surface area (Å²) in [6.07, 6.45) is 1.93. The first-order valence-electron chi connectivity index (χ1n) is 8.88. The molecule has 2 aromatic heterocycles. The Bertz CT molecular complexity index is 1320. The summed E-state index contributed by atoms with van der Waals surface area (Å²) in [6.45, 7) is 0. The second kappa shape index (κ2) is 6.22. The van der Waals surface area contributed by atoms with Crippen LogP contribution in [0, 0.1) is 0 Å². The van der Waals surface area contributed by atoms with Gasteiger partial charge in [-0.15, -0.1) is 0 Å². The molecular formula is C24H16N2O. The van der Waals surface area contributed by atoms with E-state index in [9.17, 15) is 4.79 Å². The molecule has 0 spiro atoms. The zero-order valence-electron chi connectivity index (χ0n) is 14.5. The SMILES string of the molecule is O=c1c(-c2ccccc2)nn2ccc3ccccc3c2c1-c1ccccc1. The standard InChI is InChI=1S/C24H16N2O/c27-24-21(18-10-3-1-4-11-18)23-20-14-8-7-9-17(20)15-16-26(23)25-22(24)19-12-5-2-6-13-19/h1-16H. The Morgan fingerprint density at radius 3 is 2.04 bits per heavy atom. The van der Waals surface area contributed by atoms with Gasteiger partial charge in [0.1, 0.15) is 5.69 Å². The topological polar surface area (TPSA) is 34.4 Å². The van der Waals surface area contributed by atoms with Crippen molar-refractivity contribution in [3.63, 3.8) is 0 Å². The van der Waals surface area contributed by atoms with Crippen LogP contribution in [0.5, 0.6) is 0 Å². The average molecular weight is 348 g/mol. The lowest BCUT2D eigenvalue weighted by molar-refractivity contribution is 0.932. The van der Waals surface area contributed by atoms with Gasteiger partial charge >= 0.3 is 0 Å². The van der Waals surface area contributed by atoms with Crippen LogP contribution < -0.4 is 5.43 Å². The molecular weight excluding hydrogens is 332 g/mol. The van der Waals surface area contributed by atoms with Gasteiger partial charge in [0.05, 0.1) is 11.1 Å². The summed E-state index contributed by atoms with van der Waals surface area (Å²) in [6, 6.07) is 29.6. The normalized spacial score (nSPS) is 11.1. The molecule has 0 bridgehead atoms. The van der Waals surface area contributed by atoms with Crippen LogP contribution in [0.3, 0.4) is 0 Å². The molecule has 0 amide bonds. The highest BCUT2D eigenvalue weighted by atomic mass is 16.1. The first-order chi connectivity index (χ1) is 13.3. The minimum Gasteiger partial charge on any atom is -0.287 e. The quantitative estimate of drug-likeness (QED) is 0.412. The molecule has 0 N–H and O–H groups in total. The first kappa shape index (κ1) is 15.5. The number of fused-ring (bicyclic) bond motifs is 3. The molecule has 0 saturated carbocycles. The van der Waals surface area contributed by atoms with Gasteiger partial charge in [0, 0.05) is 17.1 Å². The van der Waals surface area contributed by atoms with Crippen molar-refractivity contribution in [1.82, 2.24) is 9.61 Å². The molecule has 0 aliphatic carbocycles. The molecule has 2 heterocycles. The zero-order chi connectivity index (χ0) is 18.2. The zero-order valence-corrected chi connectivity index (χ0v) is 14.5. The number of rotatable bonds is 2. The summed E-state index contributed by atoms with van der Waals surface area (Å²) in [5.41, 5.74) is 3.65.